The lowest BCUT2D eigenvalue weighted by Gasteiger charge is -2.28. The summed E-state index contributed by atoms with van der Waals surface area (Å²) < 4.78 is 34.1. The van der Waals surface area contributed by atoms with E-state index in [-0.39, 0.29) is 26.1 Å². The van der Waals surface area contributed by atoms with E-state index in [9.17, 15) is 19.0 Å². The number of ether oxygens (including phenoxy) is 2. The molecule has 0 saturated heterocycles. The molecule has 0 aromatic heterocycles. The van der Waals surface area contributed by atoms with Crippen molar-refractivity contribution in [2.24, 2.45) is 0 Å². The molecule has 2 unspecified atom stereocenters. The van der Waals surface area contributed by atoms with E-state index in [1.54, 1.807) is 0 Å². The van der Waals surface area contributed by atoms with Crippen molar-refractivity contribution in [1.82, 2.24) is 0 Å². The monoisotopic (exact) mass is 1100 g/mol. The number of hydrogen-bond acceptors (Lipinski definition) is 8. The van der Waals surface area contributed by atoms with Crippen LogP contribution in [-0.2, 0) is 32.7 Å². The van der Waals surface area contributed by atoms with E-state index in [0.717, 1.165) is 135 Å². The lowest BCUT2D eigenvalue weighted by Crippen LogP contribution is -2.37. The summed E-state index contributed by atoms with van der Waals surface area (Å²) in [5.41, 5.74) is 0. The van der Waals surface area contributed by atoms with E-state index >= 15 is 0 Å². The predicted octanol–water partition coefficient (Wildman–Crippen LogP) is 18.8. The molecule has 2 atom stereocenters. The number of phosphoric acid groups is 1. The number of unbranched alkanes of at least 4 members (excludes halogenated alkanes) is 16. The number of esters is 2. The van der Waals surface area contributed by atoms with Crippen molar-refractivity contribution in [3.8, 4) is 0 Å². The van der Waals surface area contributed by atoms with Gasteiger partial charge in [-0.3, -0.25) is 14.2 Å². The highest BCUT2D eigenvalue weighted by atomic mass is 31.2. The average molecular weight is 1100 g/mol. The van der Waals surface area contributed by atoms with Gasteiger partial charge in [-0.15, -0.1) is 0 Å². The first kappa shape index (κ1) is 73.9. The summed E-state index contributed by atoms with van der Waals surface area (Å²) in [6, 6.07) is 0. The second-order valence-corrected chi connectivity index (χ2v) is 22.4. The van der Waals surface area contributed by atoms with Crippen LogP contribution < -0.4 is 4.89 Å². The summed E-state index contributed by atoms with van der Waals surface area (Å²) in [6.07, 6.45) is 84.8. The molecule has 0 heterocycles. The number of carbonyl (C=O) groups excluding carboxylic acids is 2. The number of allylic oxidation sites excluding steroid dienone is 24. The summed E-state index contributed by atoms with van der Waals surface area (Å²) in [5, 5.41) is 0. The van der Waals surface area contributed by atoms with Crippen LogP contribution in [0.4, 0.5) is 0 Å². The summed E-state index contributed by atoms with van der Waals surface area (Å²) in [5.74, 6) is -0.865. The smallest absolute Gasteiger partial charge is 0.306 e. The Labute approximate surface area is 478 Å². The Hall–Kier alpha value is -4.11. The first-order valence-electron chi connectivity index (χ1n) is 30.5. The molecule has 10 heteroatoms. The number of nitrogens with zero attached hydrogens (tertiary/aromatic N) is 1. The van der Waals surface area contributed by atoms with Crippen molar-refractivity contribution >= 4 is 19.8 Å². The fraction of sp³-hybridized carbons (Fsp3) is 0.618. The SMILES string of the molecule is CC/C=C\C/C=C\C/C=C\C/C=C\C/C=C\C/C=C\C/C=C\C/C=C\C/C=C\C/C=C\CCCCCCCCCCCCC(=O)OC(COC(=O)CCCCCCC/C=C\C/C=C\CCC)COP(=O)([O-])OCC[N+](C)(C)C. The molecular weight excluding hydrogens is 990 g/mol. The minimum absolute atomic E-state index is 0.0408. The fourth-order valence-corrected chi connectivity index (χ4v) is 8.39. The van der Waals surface area contributed by atoms with Crippen LogP contribution in [-0.4, -0.2) is 70.0 Å². The van der Waals surface area contributed by atoms with Gasteiger partial charge < -0.3 is 27.9 Å². The third-order valence-electron chi connectivity index (χ3n) is 12.3. The molecule has 0 aliphatic carbocycles. The molecule has 0 spiro atoms. The molecule has 0 saturated carbocycles. The van der Waals surface area contributed by atoms with Gasteiger partial charge in [0.25, 0.3) is 7.82 Å². The molecule has 0 radical (unpaired) electrons. The van der Waals surface area contributed by atoms with Crippen molar-refractivity contribution in [2.45, 2.75) is 225 Å². The van der Waals surface area contributed by atoms with Crippen LogP contribution in [0.5, 0.6) is 0 Å². The molecule has 0 amide bonds. The zero-order valence-electron chi connectivity index (χ0n) is 50.1. The second kappa shape index (κ2) is 57.6. The summed E-state index contributed by atoms with van der Waals surface area (Å²) >= 11 is 0. The van der Waals surface area contributed by atoms with Gasteiger partial charge in [-0.25, -0.2) is 0 Å². The van der Waals surface area contributed by atoms with Gasteiger partial charge in [-0.2, -0.15) is 0 Å². The number of quaternary nitrogens is 1. The summed E-state index contributed by atoms with van der Waals surface area (Å²) in [4.78, 5) is 37.8. The maximum atomic E-state index is 12.8. The Bertz CT molecular complexity index is 1820. The van der Waals surface area contributed by atoms with Gasteiger partial charge in [0, 0.05) is 12.8 Å². The Morgan fingerprint density at radius 3 is 1.09 bits per heavy atom. The molecule has 0 aromatic carbocycles. The lowest BCUT2D eigenvalue weighted by molar-refractivity contribution is -0.870. The first-order valence-corrected chi connectivity index (χ1v) is 32.0. The number of carbonyl (C=O) groups is 2. The molecule has 0 N–H and O–H groups in total. The lowest BCUT2D eigenvalue weighted by atomic mass is 10.0. The van der Waals surface area contributed by atoms with Crippen LogP contribution in [0.25, 0.3) is 0 Å². The van der Waals surface area contributed by atoms with Gasteiger partial charge in [0.05, 0.1) is 27.7 Å². The molecular formula is C68H112NO8P. The predicted molar refractivity (Wildman–Crippen MR) is 332 cm³/mol. The molecule has 0 bridgehead atoms. The zero-order chi connectivity index (χ0) is 57.0. The van der Waals surface area contributed by atoms with Crippen molar-refractivity contribution in [3.05, 3.63) is 146 Å². The molecule has 78 heavy (non-hydrogen) atoms. The van der Waals surface area contributed by atoms with Crippen molar-refractivity contribution in [2.75, 3.05) is 47.5 Å². The van der Waals surface area contributed by atoms with Crippen molar-refractivity contribution < 1.29 is 42.1 Å². The van der Waals surface area contributed by atoms with Gasteiger partial charge in [-0.05, 0) is 116 Å². The molecule has 0 fully saturated rings. The summed E-state index contributed by atoms with van der Waals surface area (Å²) in [6.45, 7) is 4.01. The van der Waals surface area contributed by atoms with E-state index in [2.05, 4.69) is 160 Å². The Morgan fingerprint density at radius 2 is 0.731 bits per heavy atom. The fourth-order valence-electron chi connectivity index (χ4n) is 7.66. The highest BCUT2D eigenvalue weighted by molar-refractivity contribution is 7.45. The average Bonchev–Trinajstić information content (AvgIpc) is 3.40. The standard InChI is InChI=1S/C68H112NO8P/c1-6-8-10-12-14-16-18-20-21-22-23-24-25-26-27-28-29-30-31-32-33-34-35-36-37-38-39-40-41-42-43-44-45-46-47-49-51-53-55-57-59-61-68(71)77-66(65-76-78(72,73)75-63-62-69(3,4)5)64-74-67(70)60-58-56-54-52-50-48-19-17-15-13-11-9-7-2/h8,10-11,13-14,16-17,19-21,23-24,26-27,29-30,32-33,35-36,38-39,41-42,66H,6-7,9,12,15,18,22,25,28,31,34,37,40,43-65H2,1-5H3/b10-8-,13-11-,16-14-,19-17-,21-20-,24-23-,27-26-,30-29-,33-32-,36-35-,39-38-,42-41-. The second-order valence-electron chi connectivity index (χ2n) is 21.0. The molecule has 9 nitrogen and oxygen atoms in total. The minimum atomic E-state index is -4.65. The van der Waals surface area contributed by atoms with E-state index in [1.807, 2.05) is 21.1 Å². The van der Waals surface area contributed by atoms with Crippen molar-refractivity contribution in [1.29, 1.82) is 0 Å². The Morgan fingerprint density at radius 1 is 0.410 bits per heavy atom. The van der Waals surface area contributed by atoms with Gasteiger partial charge >= 0.3 is 11.9 Å². The van der Waals surface area contributed by atoms with Crippen LogP contribution >= 0.6 is 7.82 Å². The molecule has 0 rings (SSSR count). The van der Waals surface area contributed by atoms with E-state index in [4.69, 9.17) is 18.5 Å². The number of hydrogen-bond donors (Lipinski definition) is 0. The number of phosphoric ester groups is 1. The summed E-state index contributed by atoms with van der Waals surface area (Å²) in [7, 11) is 1.14. The van der Waals surface area contributed by atoms with Crippen LogP contribution in [0.1, 0.15) is 219 Å². The normalized spacial score (nSPS) is 14.3. The van der Waals surface area contributed by atoms with Crippen molar-refractivity contribution in [3.63, 3.8) is 0 Å². The quantitative estimate of drug-likeness (QED) is 0.0195. The topological polar surface area (TPSA) is 111 Å². The van der Waals surface area contributed by atoms with Crippen LogP contribution in [0.2, 0.25) is 0 Å². The van der Waals surface area contributed by atoms with Crippen LogP contribution in [0.3, 0.4) is 0 Å². The number of likely N-dealkylation sites (N-methyl/N-ethyl adjacent to an activating group) is 1. The van der Waals surface area contributed by atoms with Crippen LogP contribution in [0.15, 0.2) is 146 Å². The Balaban J connectivity index is 4.08. The van der Waals surface area contributed by atoms with Gasteiger partial charge in [0.2, 0.25) is 0 Å². The number of rotatable bonds is 54. The van der Waals surface area contributed by atoms with E-state index < -0.39 is 32.5 Å². The third kappa shape index (κ3) is 61.1. The zero-order valence-corrected chi connectivity index (χ0v) is 50.9. The largest absolute Gasteiger partial charge is 0.756 e. The maximum Gasteiger partial charge on any atom is 0.306 e. The highest BCUT2D eigenvalue weighted by Gasteiger charge is 2.21. The molecule has 0 aliphatic rings. The Kier molecular flexibility index (Phi) is 54.5. The molecule has 442 valence electrons. The molecule has 0 aliphatic heterocycles. The van der Waals surface area contributed by atoms with Gasteiger partial charge in [-0.1, -0.05) is 237 Å². The third-order valence-corrected chi connectivity index (χ3v) is 13.3. The maximum absolute atomic E-state index is 12.8. The van der Waals surface area contributed by atoms with E-state index in [0.29, 0.717) is 23.9 Å². The minimum Gasteiger partial charge on any atom is -0.756 e. The van der Waals surface area contributed by atoms with Gasteiger partial charge in [0.15, 0.2) is 6.10 Å². The van der Waals surface area contributed by atoms with Gasteiger partial charge in [0.1, 0.15) is 19.8 Å². The first-order chi connectivity index (χ1) is 38.0. The van der Waals surface area contributed by atoms with Crippen LogP contribution in [0, 0.1) is 0 Å². The van der Waals surface area contributed by atoms with E-state index in [1.165, 1.54) is 44.9 Å². The highest BCUT2D eigenvalue weighted by Crippen LogP contribution is 2.38. The molecule has 0 aromatic rings.